The van der Waals surface area contributed by atoms with Gasteiger partial charge < -0.3 is 5.11 Å². The van der Waals surface area contributed by atoms with Gasteiger partial charge in [0.05, 0.1) is 0 Å². The minimum atomic E-state index is -0.717. The molecule has 1 aliphatic carbocycles. The summed E-state index contributed by atoms with van der Waals surface area (Å²) in [4.78, 5) is 34.3. The predicted octanol–water partition coefficient (Wildman–Crippen LogP) is 2.26. The number of benzene rings is 1. The zero-order chi connectivity index (χ0) is 14.0. The minimum absolute atomic E-state index is 0.0323. The number of allylic oxidation sites excluding steroid dienone is 3. The van der Waals surface area contributed by atoms with Gasteiger partial charge in [0.25, 0.3) is 0 Å². The van der Waals surface area contributed by atoms with Crippen molar-refractivity contribution in [2.45, 2.75) is 13.3 Å². The maximum atomic E-state index is 11.9. The normalized spacial score (nSPS) is 15.5. The van der Waals surface area contributed by atoms with Crippen molar-refractivity contribution in [2.24, 2.45) is 0 Å². The zero-order valence-corrected chi connectivity index (χ0v) is 10.3. The number of carbonyl (C=O) groups excluding carboxylic acids is 3. The average molecular weight is 256 g/mol. The third-order valence-electron chi connectivity index (χ3n) is 3.01. The lowest BCUT2D eigenvalue weighted by Crippen LogP contribution is -2.23. The van der Waals surface area contributed by atoms with Crippen LogP contribution in [0.15, 0.2) is 41.5 Å². The van der Waals surface area contributed by atoms with Crippen molar-refractivity contribution in [2.75, 3.05) is 0 Å². The summed E-state index contributed by atoms with van der Waals surface area (Å²) in [5, 5.41) is 10.1. The second-order valence-corrected chi connectivity index (χ2v) is 4.30. The Morgan fingerprint density at radius 3 is 2.42 bits per heavy atom. The molecule has 0 saturated carbocycles. The van der Waals surface area contributed by atoms with Gasteiger partial charge in [-0.25, -0.2) is 0 Å². The van der Waals surface area contributed by atoms with Gasteiger partial charge in [-0.2, -0.15) is 0 Å². The number of aliphatic hydroxyl groups excluding tert-OH is 1. The Morgan fingerprint density at radius 2 is 1.79 bits per heavy atom. The molecule has 1 aromatic rings. The number of ketones is 2. The third-order valence-corrected chi connectivity index (χ3v) is 3.01. The van der Waals surface area contributed by atoms with Gasteiger partial charge in [-0.05, 0) is 18.9 Å². The maximum absolute atomic E-state index is 11.9. The number of Topliss-reactive ketones (excluding diaryl/α,β-unsaturated/α-hetero) is 2. The van der Waals surface area contributed by atoms with Crippen LogP contribution in [0.3, 0.4) is 0 Å². The first-order valence-electron chi connectivity index (χ1n) is 5.78. The topological polar surface area (TPSA) is 71.4 Å². The van der Waals surface area contributed by atoms with Gasteiger partial charge in [0.1, 0.15) is 12.0 Å². The van der Waals surface area contributed by atoms with E-state index < -0.39 is 11.6 Å². The van der Waals surface area contributed by atoms with Crippen LogP contribution < -0.4 is 0 Å². The van der Waals surface area contributed by atoms with Crippen LogP contribution >= 0.6 is 0 Å². The fraction of sp³-hybridized carbons (Fsp3) is 0.133. The number of hydrogen-bond acceptors (Lipinski definition) is 4. The molecule has 4 heteroatoms. The van der Waals surface area contributed by atoms with Crippen LogP contribution in [0.5, 0.6) is 0 Å². The van der Waals surface area contributed by atoms with Crippen molar-refractivity contribution in [3.05, 3.63) is 52.6 Å². The van der Waals surface area contributed by atoms with E-state index in [1.165, 1.54) is 12.1 Å². The van der Waals surface area contributed by atoms with Gasteiger partial charge in [-0.15, -0.1) is 0 Å². The number of rotatable bonds is 3. The highest BCUT2D eigenvalue weighted by atomic mass is 16.3. The van der Waals surface area contributed by atoms with E-state index in [9.17, 15) is 19.5 Å². The first kappa shape index (κ1) is 13.0. The molecule has 2 rings (SSSR count). The molecule has 1 aliphatic rings. The molecular formula is C15H12O4. The van der Waals surface area contributed by atoms with Gasteiger partial charge in [0.2, 0.25) is 11.6 Å². The predicted molar refractivity (Wildman–Crippen MR) is 69.8 cm³/mol. The van der Waals surface area contributed by atoms with Crippen LogP contribution in [0.1, 0.15) is 29.3 Å². The molecule has 0 unspecified atom stereocenters. The quantitative estimate of drug-likeness (QED) is 0.511. The van der Waals surface area contributed by atoms with Gasteiger partial charge >= 0.3 is 0 Å². The Morgan fingerprint density at radius 1 is 1.16 bits per heavy atom. The number of fused-ring (bicyclic) bond motifs is 1. The van der Waals surface area contributed by atoms with E-state index in [0.717, 1.165) is 0 Å². The van der Waals surface area contributed by atoms with E-state index in [-0.39, 0.29) is 23.3 Å². The van der Waals surface area contributed by atoms with Crippen molar-refractivity contribution in [3.8, 4) is 0 Å². The summed E-state index contributed by atoms with van der Waals surface area (Å²) < 4.78 is 0. The van der Waals surface area contributed by atoms with Gasteiger partial charge in [-0.1, -0.05) is 30.3 Å². The van der Waals surface area contributed by atoms with Crippen LogP contribution in [-0.4, -0.2) is 23.0 Å². The van der Waals surface area contributed by atoms with E-state index in [0.29, 0.717) is 17.4 Å². The van der Waals surface area contributed by atoms with E-state index in [2.05, 4.69) is 0 Å². The lowest BCUT2D eigenvalue weighted by Gasteiger charge is -2.16. The summed E-state index contributed by atoms with van der Waals surface area (Å²) in [5.41, 5.74) is 1.05. The van der Waals surface area contributed by atoms with Crippen LogP contribution in [0.25, 0.3) is 5.76 Å². The zero-order valence-electron chi connectivity index (χ0n) is 10.3. The third kappa shape index (κ3) is 2.25. The van der Waals surface area contributed by atoms with Crippen LogP contribution in [0, 0.1) is 0 Å². The summed E-state index contributed by atoms with van der Waals surface area (Å²) in [6.45, 7) is 1.59. The van der Waals surface area contributed by atoms with Gasteiger partial charge in [-0.3, -0.25) is 14.4 Å². The molecule has 0 atom stereocenters. The number of hydrogen-bond donors (Lipinski definition) is 1. The first-order valence-corrected chi connectivity index (χ1v) is 5.78. The van der Waals surface area contributed by atoms with Crippen molar-refractivity contribution in [1.82, 2.24) is 0 Å². The Bertz CT molecular complexity index is 635. The molecule has 4 nitrogen and oxygen atoms in total. The molecule has 0 amide bonds. The Kier molecular flexibility index (Phi) is 3.42. The molecular weight excluding hydrogens is 244 g/mol. The van der Waals surface area contributed by atoms with E-state index in [1.54, 1.807) is 25.1 Å². The fourth-order valence-electron chi connectivity index (χ4n) is 1.92. The standard InChI is InChI=1S/C15H12O4/c1-9(8-16)6-7-12-13(17)10-4-2-3-5-11(10)14(18)15(12)19/h2-6,8,17H,7H2,1H3. The molecule has 0 aliphatic heterocycles. The van der Waals surface area contributed by atoms with Gasteiger partial charge in [0.15, 0.2) is 0 Å². The number of aldehydes is 1. The number of carbonyl (C=O) groups is 3. The molecule has 19 heavy (non-hydrogen) atoms. The lowest BCUT2D eigenvalue weighted by atomic mass is 9.87. The lowest BCUT2D eigenvalue weighted by molar-refractivity contribution is -0.112. The highest BCUT2D eigenvalue weighted by molar-refractivity contribution is 6.52. The second-order valence-electron chi connectivity index (χ2n) is 4.30. The Balaban J connectivity index is 2.51. The molecule has 1 aromatic carbocycles. The van der Waals surface area contributed by atoms with Gasteiger partial charge in [0, 0.05) is 16.7 Å². The van der Waals surface area contributed by atoms with Crippen LogP contribution in [0.2, 0.25) is 0 Å². The van der Waals surface area contributed by atoms with Crippen molar-refractivity contribution >= 4 is 23.6 Å². The van der Waals surface area contributed by atoms with E-state index in [1.807, 2.05) is 0 Å². The SMILES string of the molecule is CC(C=O)=CCC1=C(O)c2ccccc2C(=O)C1=O. The summed E-state index contributed by atoms with van der Waals surface area (Å²) in [5.74, 6) is -1.53. The minimum Gasteiger partial charge on any atom is -0.507 e. The molecule has 0 spiro atoms. The molecule has 0 radical (unpaired) electrons. The molecule has 0 saturated heterocycles. The largest absolute Gasteiger partial charge is 0.507 e. The molecule has 1 N–H and O–H groups in total. The fourth-order valence-corrected chi connectivity index (χ4v) is 1.92. The smallest absolute Gasteiger partial charge is 0.234 e. The second kappa shape index (κ2) is 5.02. The van der Waals surface area contributed by atoms with Crippen LogP contribution in [-0.2, 0) is 9.59 Å². The van der Waals surface area contributed by atoms with Crippen molar-refractivity contribution in [1.29, 1.82) is 0 Å². The molecule has 0 heterocycles. The highest BCUT2D eigenvalue weighted by Crippen LogP contribution is 2.29. The monoisotopic (exact) mass is 256 g/mol. The van der Waals surface area contributed by atoms with E-state index >= 15 is 0 Å². The van der Waals surface area contributed by atoms with Crippen molar-refractivity contribution < 1.29 is 19.5 Å². The van der Waals surface area contributed by atoms with E-state index in [4.69, 9.17) is 0 Å². The molecule has 0 bridgehead atoms. The van der Waals surface area contributed by atoms with Crippen LogP contribution in [0.4, 0.5) is 0 Å². The number of aliphatic hydroxyl groups is 1. The highest BCUT2D eigenvalue weighted by Gasteiger charge is 2.31. The summed E-state index contributed by atoms with van der Waals surface area (Å²) >= 11 is 0. The summed E-state index contributed by atoms with van der Waals surface area (Å²) in [7, 11) is 0. The molecule has 0 fully saturated rings. The first-order chi connectivity index (χ1) is 9.06. The Hall–Kier alpha value is -2.49. The summed E-state index contributed by atoms with van der Waals surface area (Å²) in [6, 6.07) is 6.42. The summed E-state index contributed by atoms with van der Waals surface area (Å²) in [6.07, 6.45) is 2.23. The Labute approximate surface area is 110 Å². The van der Waals surface area contributed by atoms with Crippen molar-refractivity contribution in [3.63, 3.8) is 0 Å². The average Bonchev–Trinajstić information content (AvgIpc) is 2.44. The maximum Gasteiger partial charge on any atom is 0.234 e. The molecule has 0 aromatic heterocycles. The molecule has 96 valence electrons.